The third kappa shape index (κ3) is 6.88. The van der Waals surface area contributed by atoms with Crippen molar-refractivity contribution in [3.63, 3.8) is 0 Å². The lowest BCUT2D eigenvalue weighted by atomic mass is 10.1. The Labute approximate surface area is 154 Å². The molecular formula is C19H30F2N4O. The zero-order valence-electron chi connectivity index (χ0n) is 15.9. The van der Waals surface area contributed by atoms with Crippen molar-refractivity contribution >= 4 is 5.96 Å². The number of halogens is 2. The zero-order chi connectivity index (χ0) is 18.9. The van der Waals surface area contributed by atoms with Crippen molar-refractivity contribution in [2.75, 3.05) is 46.4 Å². The molecule has 1 aliphatic heterocycles. The van der Waals surface area contributed by atoms with E-state index < -0.39 is 11.6 Å². The van der Waals surface area contributed by atoms with Gasteiger partial charge in [-0.2, -0.15) is 0 Å². The second-order valence-electron chi connectivity index (χ2n) is 7.01. The van der Waals surface area contributed by atoms with Crippen molar-refractivity contribution in [3.8, 4) is 0 Å². The van der Waals surface area contributed by atoms with Crippen molar-refractivity contribution in [3.05, 3.63) is 35.4 Å². The van der Waals surface area contributed by atoms with Gasteiger partial charge in [0.15, 0.2) is 5.96 Å². The summed E-state index contributed by atoms with van der Waals surface area (Å²) in [6.45, 7) is 9.32. The summed E-state index contributed by atoms with van der Waals surface area (Å²) in [6, 6.07) is 3.66. The molecular weight excluding hydrogens is 338 g/mol. The van der Waals surface area contributed by atoms with E-state index in [4.69, 9.17) is 4.74 Å². The molecule has 2 N–H and O–H groups in total. The van der Waals surface area contributed by atoms with Crippen LogP contribution in [0.4, 0.5) is 8.78 Å². The van der Waals surface area contributed by atoms with E-state index in [1.807, 2.05) is 0 Å². The summed E-state index contributed by atoms with van der Waals surface area (Å²) in [6.07, 6.45) is 0.574. The van der Waals surface area contributed by atoms with Gasteiger partial charge in [-0.1, -0.05) is 19.9 Å². The van der Waals surface area contributed by atoms with Gasteiger partial charge in [0.2, 0.25) is 0 Å². The molecule has 0 saturated carbocycles. The van der Waals surface area contributed by atoms with Crippen LogP contribution in [0.15, 0.2) is 23.2 Å². The predicted molar refractivity (Wildman–Crippen MR) is 100 cm³/mol. The Morgan fingerprint density at radius 3 is 2.85 bits per heavy atom. The maximum absolute atomic E-state index is 13.6. The van der Waals surface area contributed by atoms with Crippen LogP contribution in [0.1, 0.15) is 19.4 Å². The number of nitrogens with zero attached hydrogens (tertiary/aromatic N) is 2. The van der Waals surface area contributed by atoms with Crippen LogP contribution < -0.4 is 10.6 Å². The minimum Gasteiger partial charge on any atom is -0.374 e. The van der Waals surface area contributed by atoms with Gasteiger partial charge in [-0.25, -0.2) is 8.78 Å². The average molecular weight is 368 g/mol. The molecule has 2 rings (SSSR count). The monoisotopic (exact) mass is 368 g/mol. The SMILES string of the molecule is CN=C(NCCc1ccc(F)cc1F)NCC1CN(CC(C)C)CCO1. The highest BCUT2D eigenvalue weighted by molar-refractivity contribution is 5.79. The lowest BCUT2D eigenvalue weighted by Gasteiger charge is -2.34. The first-order valence-corrected chi connectivity index (χ1v) is 9.20. The number of hydrogen-bond donors (Lipinski definition) is 2. The van der Waals surface area contributed by atoms with Crippen molar-refractivity contribution in [1.82, 2.24) is 15.5 Å². The maximum atomic E-state index is 13.6. The molecule has 1 aromatic carbocycles. The van der Waals surface area contributed by atoms with E-state index in [-0.39, 0.29) is 6.10 Å². The molecule has 0 radical (unpaired) electrons. The van der Waals surface area contributed by atoms with Crippen LogP contribution in [0.3, 0.4) is 0 Å². The van der Waals surface area contributed by atoms with Gasteiger partial charge in [0.05, 0.1) is 12.7 Å². The first kappa shape index (κ1) is 20.6. The van der Waals surface area contributed by atoms with Gasteiger partial charge >= 0.3 is 0 Å². The number of rotatable bonds is 7. The van der Waals surface area contributed by atoms with E-state index in [0.29, 0.717) is 37.0 Å². The van der Waals surface area contributed by atoms with E-state index in [1.165, 1.54) is 12.1 Å². The smallest absolute Gasteiger partial charge is 0.191 e. The summed E-state index contributed by atoms with van der Waals surface area (Å²) in [7, 11) is 1.70. The van der Waals surface area contributed by atoms with Gasteiger partial charge in [0.1, 0.15) is 11.6 Å². The lowest BCUT2D eigenvalue weighted by Crippen LogP contribution is -2.50. The molecule has 1 unspecified atom stereocenters. The molecule has 5 nitrogen and oxygen atoms in total. The fraction of sp³-hybridized carbons (Fsp3) is 0.632. The molecule has 0 aliphatic carbocycles. The van der Waals surface area contributed by atoms with Gasteiger partial charge in [-0.05, 0) is 24.0 Å². The Morgan fingerprint density at radius 2 is 2.15 bits per heavy atom. The first-order valence-electron chi connectivity index (χ1n) is 9.20. The Bertz CT molecular complexity index is 595. The Hall–Kier alpha value is -1.73. The van der Waals surface area contributed by atoms with Crippen LogP contribution in [-0.2, 0) is 11.2 Å². The van der Waals surface area contributed by atoms with Crippen molar-refractivity contribution in [2.24, 2.45) is 10.9 Å². The molecule has 0 amide bonds. The molecule has 0 bridgehead atoms. The van der Waals surface area contributed by atoms with Gasteiger partial charge in [-0.3, -0.25) is 9.89 Å². The first-order chi connectivity index (χ1) is 12.5. The second-order valence-corrected chi connectivity index (χ2v) is 7.01. The Balaban J connectivity index is 1.72. The zero-order valence-corrected chi connectivity index (χ0v) is 15.9. The number of ether oxygens (including phenoxy) is 1. The van der Waals surface area contributed by atoms with E-state index in [0.717, 1.165) is 32.3 Å². The van der Waals surface area contributed by atoms with Crippen LogP contribution in [0, 0.1) is 17.6 Å². The van der Waals surface area contributed by atoms with E-state index in [9.17, 15) is 8.78 Å². The number of nitrogens with one attached hydrogen (secondary N) is 2. The van der Waals surface area contributed by atoms with Crippen LogP contribution in [0.5, 0.6) is 0 Å². The maximum Gasteiger partial charge on any atom is 0.191 e. The summed E-state index contributed by atoms with van der Waals surface area (Å²) >= 11 is 0. The highest BCUT2D eigenvalue weighted by Crippen LogP contribution is 2.10. The summed E-state index contributed by atoms with van der Waals surface area (Å²) < 4.78 is 32.4. The topological polar surface area (TPSA) is 48.9 Å². The van der Waals surface area contributed by atoms with E-state index >= 15 is 0 Å². The molecule has 1 aromatic rings. The third-order valence-electron chi connectivity index (χ3n) is 4.27. The summed E-state index contributed by atoms with van der Waals surface area (Å²) in [5.41, 5.74) is 0.481. The van der Waals surface area contributed by atoms with Crippen molar-refractivity contribution in [2.45, 2.75) is 26.4 Å². The van der Waals surface area contributed by atoms with Crippen LogP contribution in [-0.4, -0.2) is 63.3 Å². The Morgan fingerprint density at radius 1 is 1.35 bits per heavy atom. The molecule has 7 heteroatoms. The van der Waals surface area contributed by atoms with Gasteiger partial charge in [0, 0.05) is 45.8 Å². The highest BCUT2D eigenvalue weighted by atomic mass is 19.1. The van der Waals surface area contributed by atoms with Crippen molar-refractivity contribution < 1.29 is 13.5 Å². The van der Waals surface area contributed by atoms with Gasteiger partial charge in [0.25, 0.3) is 0 Å². The van der Waals surface area contributed by atoms with E-state index in [1.54, 1.807) is 7.05 Å². The molecule has 26 heavy (non-hydrogen) atoms. The minimum atomic E-state index is -0.560. The molecule has 1 heterocycles. The largest absolute Gasteiger partial charge is 0.374 e. The number of guanidine groups is 1. The normalized spacial score (nSPS) is 19.0. The van der Waals surface area contributed by atoms with Gasteiger partial charge < -0.3 is 15.4 Å². The third-order valence-corrected chi connectivity index (χ3v) is 4.27. The molecule has 0 spiro atoms. The van der Waals surface area contributed by atoms with Crippen molar-refractivity contribution in [1.29, 1.82) is 0 Å². The summed E-state index contributed by atoms with van der Waals surface area (Å²) in [5.74, 6) is 0.214. The average Bonchev–Trinajstić information content (AvgIpc) is 2.59. The lowest BCUT2D eigenvalue weighted by molar-refractivity contribution is -0.0284. The molecule has 1 aliphatic rings. The fourth-order valence-corrected chi connectivity index (χ4v) is 3.06. The van der Waals surface area contributed by atoms with Crippen LogP contribution in [0.2, 0.25) is 0 Å². The molecule has 1 fully saturated rings. The highest BCUT2D eigenvalue weighted by Gasteiger charge is 2.21. The van der Waals surface area contributed by atoms with Crippen LogP contribution >= 0.6 is 0 Å². The summed E-state index contributed by atoms with van der Waals surface area (Å²) in [5, 5.41) is 6.41. The molecule has 1 saturated heterocycles. The predicted octanol–water partition coefficient (Wildman–Crippen LogP) is 2.03. The minimum absolute atomic E-state index is 0.121. The Kier molecular flexibility index (Phi) is 8.25. The van der Waals surface area contributed by atoms with E-state index in [2.05, 4.69) is 34.4 Å². The second kappa shape index (κ2) is 10.4. The molecule has 0 aromatic heterocycles. The summed E-state index contributed by atoms with van der Waals surface area (Å²) in [4.78, 5) is 6.60. The molecule has 1 atom stereocenters. The standard InChI is InChI=1S/C19H30F2N4O/c1-14(2)12-25-8-9-26-17(13-25)11-24-19(22-3)23-7-6-15-4-5-16(20)10-18(15)21/h4-5,10,14,17H,6-9,11-13H2,1-3H3,(H2,22,23,24). The number of aliphatic imine (C=N–C) groups is 1. The fourth-order valence-electron chi connectivity index (χ4n) is 3.06. The van der Waals surface area contributed by atoms with Gasteiger partial charge in [-0.15, -0.1) is 0 Å². The number of morpholine rings is 1. The number of hydrogen-bond acceptors (Lipinski definition) is 3. The van der Waals surface area contributed by atoms with Crippen LogP contribution in [0.25, 0.3) is 0 Å². The quantitative estimate of drug-likeness (QED) is 0.571. The molecule has 146 valence electrons. The number of benzene rings is 1.